The second-order valence-electron chi connectivity index (χ2n) is 3.53. The highest BCUT2D eigenvalue weighted by Gasteiger charge is 2.19. The fourth-order valence-corrected chi connectivity index (χ4v) is 1.29. The van der Waals surface area contributed by atoms with Crippen molar-refractivity contribution in [2.75, 3.05) is 26.2 Å². The third-order valence-corrected chi connectivity index (χ3v) is 2.16. The standard InChI is InChI=1S/C10H21N3O2/c1-4-12-6-8(3)10(15)13(5-2)7-9(11)14/h8,12H,4-7H2,1-3H3,(H2,11,14). The Morgan fingerprint density at radius 2 is 2.00 bits per heavy atom. The summed E-state index contributed by atoms with van der Waals surface area (Å²) in [6.45, 7) is 7.64. The molecule has 0 radical (unpaired) electrons. The zero-order valence-corrected chi connectivity index (χ0v) is 9.75. The van der Waals surface area contributed by atoms with Gasteiger partial charge in [-0.3, -0.25) is 9.59 Å². The third-order valence-electron chi connectivity index (χ3n) is 2.16. The Bertz CT molecular complexity index is 219. The molecule has 0 aliphatic heterocycles. The Balaban J connectivity index is 4.17. The molecule has 1 unspecified atom stereocenters. The molecule has 5 nitrogen and oxygen atoms in total. The molecule has 0 saturated carbocycles. The number of nitrogens with one attached hydrogen (secondary N) is 1. The summed E-state index contributed by atoms with van der Waals surface area (Å²) in [6, 6.07) is 0. The number of carbonyl (C=O) groups is 2. The normalized spacial score (nSPS) is 12.2. The fraction of sp³-hybridized carbons (Fsp3) is 0.800. The Morgan fingerprint density at radius 3 is 2.40 bits per heavy atom. The summed E-state index contributed by atoms with van der Waals surface area (Å²) in [5.41, 5.74) is 5.06. The lowest BCUT2D eigenvalue weighted by molar-refractivity contribution is -0.138. The first-order valence-corrected chi connectivity index (χ1v) is 5.30. The first-order chi connectivity index (χ1) is 7.02. The predicted octanol–water partition coefficient (Wildman–Crippen LogP) is -0.434. The van der Waals surface area contributed by atoms with Crippen LogP contribution in [0.25, 0.3) is 0 Å². The summed E-state index contributed by atoms with van der Waals surface area (Å²) in [7, 11) is 0. The van der Waals surface area contributed by atoms with E-state index in [4.69, 9.17) is 5.73 Å². The summed E-state index contributed by atoms with van der Waals surface area (Å²) in [5.74, 6) is -0.623. The molecular weight excluding hydrogens is 194 g/mol. The molecule has 0 saturated heterocycles. The Kier molecular flexibility index (Phi) is 6.70. The van der Waals surface area contributed by atoms with Gasteiger partial charge < -0.3 is 16.0 Å². The highest BCUT2D eigenvalue weighted by molar-refractivity contribution is 5.85. The molecule has 2 amide bonds. The minimum absolute atomic E-state index is 0.00575. The van der Waals surface area contributed by atoms with Crippen LogP contribution in [0.4, 0.5) is 0 Å². The van der Waals surface area contributed by atoms with Crippen LogP contribution in [0, 0.1) is 5.92 Å². The van der Waals surface area contributed by atoms with Crippen LogP contribution in [0.5, 0.6) is 0 Å². The third kappa shape index (κ3) is 5.37. The molecule has 0 aromatic heterocycles. The van der Waals surface area contributed by atoms with Gasteiger partial charge in [-0.2, -0.15) is 0 Å². The molecule has 0 fully saturated rings. The largest absolute Gasteiger partial charge is 0.368 e. The topological polar surface area (TPSA) is 75.4 Å². The van der Waals surface area contributed by atoms with Gasteiger partial charge in [-0.1, -0.05) is 13.8 Å². The van der Waals surface area contributed by atoms with E-state index in [2.05, 4.69) is 5.32 Å². The average Bonchev–Trinajstić information content (AvgIpc) is 2.21. The zero-order valence-electron chi connectivity index (χ0n) is 9.75. The molecule has 0 bridgehead atoms. The van der Waals surface area contributed by atoms with Crippen molar-refractivity contribution in [1.82, 2.24) is 10.2 Å². The summed E-state index contributed by atoms with van der Waals surface area (Å²) in [5, 5.41) is 3.10. The van der Waals surface area contributed by atoms with Gasteiger partial charge in [0.15, 0.2) is 0 Å². The lowest BCUT2D eigenvalue weighted by Crippen LogP contribution is -2.43. The Labute approximate surface area is 91.0 Å². The number of amides is 2. The van der Waals surface area contributed by atoms with Crippen molar-refractivity contribution >= 4 is 11.8 Å². The van der Waals surface area contributed by atoms with E-state index >= 15 is 0 Å². The monoisotopic (exact) mass is 215 g/mol. The molecule has 0 aromatic rings. The molecule has 0 heterocycles. The highest BCUT2D eigenvalue weighted by atomic mass is 16.2. The van der Waals surface area contributed by atoms with E-state index in [9.17, 15) is 9.59 Å². The lowest BCUT2D eigenvalue weighted by atomic mass is 10.1. The van der Waals surface area contributed by atoms with E-state index in [0.717, 1.165) is 6.54 Å². The van der Waals surface area contributed by atoms with Gasteiger partial charge in [-0.05, 0) is 13.5 Å². The van der Waals surface area contributed by atoms with Gasteiger partial charge in [0, 0.05) is 19.0 Å². The summed E-state index contributed by atoms with van der Waals surface area (Å²) >= 11 is 0. The van der Waals surface area contributed by atoms with E-state index in [-0.39, 0.29) is 18.4 Å². The number of likely N-dealkylation sites (N-methyl/N-ethyl adjacent to an activating group) is 1. The quantitative estimate of drug-likeness (QED) is 0.605. The van der Waals surface area contributed by atoms with E-state index in [1.54, 1.807) is 0 Å². The van der Waals surface area contributed by atoms with E-state index in [1.165, 1.54) is 4.90 Å². The molecule has 5 heteroatoms. The molecule has 0 aliphatic carbocycles. The number of primary amides is 1. The maximum atomic E-state index is 11.8. The summed E-state index contributed by atoms with van der Waals surface area (Å²) in [4.78, 5) is 24.0. The van der Waals surface area contributed by atoms with Gasteiger partial charge in [-0.25, -0.2) is 0 Å². The van der Waals surface area contributed by atoms with Gasteiger partial charge in [0.1, 0.15) is 0 Å². The number of nitrogens with two attached hydrogens (primary N) is 1. The molecule has 0 aliphatic rings. The maximum Gasteiger partial charge on any atom is 0.237 e. The van der Waals surface area contributed by atoms with Crippen molar-refractivity contribution in [2.24, 2.45) is 11.7 Å². The van der Waals surface area contributed by atoms with Crippen LogP contribution in [0.1, 0.15) is 20.8 Å². The smallest absolute Gasteiger partial charge is 0.237 e. The number of rotatable bonds is 7. The van der Waals surface area contributed by atoms with Crippen LogP contribution >= 0.6 is 0 Å². The van der Waals surface area contributed by atoms with Crippen LogP contribution < -0.4 is 11.1 Å². The van der Waals surface area contributed by atoms with Crippen molar-refractivity contribution < 1.29 is 9.59 Å². The van der Waals surface area contributed by atoms with Crippen LogP contribution in [0.3, 0.4) is 0 Å². The van der Waals surface area contributed by atoms with Crippen LogP contribution in [0.2, 0.25) is 0 Å². The van der Waals surface area contributed by atoms with Gasteiger partial charge in [0.2, 0.25) is 11.8 Å². The number of hydrogen-bond acceptors (Lipinski definition) is 3. The lowest BCUT2D eigenvalue weighted by Gasteiger charge is -2.23. The molecule has 0 spiro atoms. The second-order valence-corrected chi connectivity index (χ2v) is 3.53. The van der Waals surface area contributed by atoms with E-state index in [1.807, 2.05) is 20.8 Å². The minimum Gasteiger partial charge on any atom is -0.368 e. The molecule has 0 aromatic carbocycles. The Morgan fingerprint density at radius 1 is 1.40 bits per heavy atom. The SMILES string of the molecule is CCNCC(C)C(=O)N(CC)CC(N)=O. The van der Waals surface area contributed by atoms with Crippen molar-refractivity contribution in [3.8, 4) is 0 Å². The second kappa shape index (κ2) is 7.23. The Hall–Kier alpha value is -1.10. The molecule has 1 atom stereocenters. The number of carbonyl (C=O) groups excluding carboxylic acids is 2. The van der Waals surface area contributed by atoms with Crippen molar-refractivity contribution in [3.63, 3.8) is 0 Å². The van der Waals surface area contributed by atoms with Gasteiger partial charge in [0.05, 0.1) is 6.54 Å². The zero-order chi connectivity index (χ0) is 11.8. The minimum atomic E-state index is -0.471. The molecule has 88 valence electrons. The fourth-order valence-electron chi connectivity index (χ4n) is 1.29. The molecular formula is C10H21N3O2. The number of hydrogen-bond donors (Lipinski definition) is 2. The van der Waals surface area contributed by atoms with Crippen LogP contribution in [-0.2, 0) is 9.59 Å². The molecule has 0 rings (SSSR count). The van der Waals surface area contributed by atoms with Crippen LogP contribution in [0.15, 0.2) is 0 Å². The van der Waals surface area contributed by atoms with Gasteiger partial charge >= 0.3 is 0 Å². The molecule has 15 heavy (non-hydrogen) atoms. The molecule has 3 N–H and O–H groups in total. The van der Waals surface area contributed by atoms with Crippen molar-refractivity contribution in [1.29, 1.82) is 0 Å². The first kappa shape index (κ1) is 13.9. The van der Waals surface area contributed by atoms with Crippen molar-refractivity contribution in [2.45, 2.75) is 20.8 Å². The van der Waals surface area contributed by atoms with E-state index in [0.29, 0.717) is 13.1 Å². The first-order valence-electron chi connectivity index (χ1n) is 5.30. The van der Waals surface area contributed by atoms with Gasteiger partial charge in [0.25, 0.3) is 0 Å². The van der Waals surface area contributed by atoms with Crippen molar-refractivity contribution in [3.05, 3.63) is 0 Å². The van der Waals surface area contributed by atoms with E-state index < -0.39 is 5.91 Å². The summed E-state index contributed by atoms with van der Waals surface area (Å²) < 4.78 is 0. The summed E-state index contributed by atoms with van der Waals surface area (Å²) in [6.07, 6.45) is 0. The average molecular weight is 215 g/mol. The predicted molar refractivity (Wildman–Crippen MR) is 59.2 cm³/mol. The van der Waals surface area contributed by atoms with Crippen LogP contribution in [-0.4, -0.2) is 42.9 Å². The van der Waals surface area contributed by atoms with Gasteiger partial charge in [-0.15, -0.1) is 0 Å². The maximum absolute atomic E-state index is 11.8. The number of nitrogens with zero attached hydrogens (tertiary/aromatic N) is 1. The highest BCUT2D eigenvalue weighted by Crippen LogP contribution is 2.01.